The third-order valence-electron chi connectivity index (χ3n) is 2.93. The van der Waals surface area contributed by atoms with Crippen molar-refractivity contribution in [2.45, 2.75) is 26.7 Å². The Hall–Kier alpha value is -2.17. The highest BCUT2D eigenvalue weighted by Gasteiger charge is 2.24. The molecule has 0 bridgehead atoms. The minimum absolute atomic E-state index is 0.0918. The molecular formula is C15H19NO4. The van der Waals surface area contributed by atoms with Crippen molar-refractivity contribution in [3.63, 3.8) is 0 Å². The number of fused-ring (bicyclic) bond motifs is 1. The zero-order valence-corrected chi connectivity index (χ0v) is 11.8. The highest BCUT2D eigenvalue weighted by Crippen LogP contribution is 2.35. The number of nitrogens with zero attached hydrogens (tertiary/aromatic N) is 1. The van der Waals surface area contributed by atoms with Crippen LogP contribution in [0.4, 0.5) is 0 Å². The fourth-order valence-electron chi connectivity index (χ4n) is 2.04. The minimum atomic E-state index is -0.174. The lowest BCUT2D eigenvalue weighted by atomic mass is 10.2. The molecule has 0 radical (unpaired) electrons. The van der Waals surface area contributed by atoms with Crippen molar-refractivity contribution < 1.29 is 19.4 Å². The molecule has 1 N–H and O–H groups in total. The molecule has 0 aromatic heterocycles. The topological polar surface area (TPSA) is 59.0 Å². The van der Waals surface area contributed by atoms with E-state index in [1.165, 1.54) is 18.4 Å². The fourth-order valence-corrected chi connectivity index (χ4v) is 2.04. The molecule has 0 unspecified atom stereocenters. The molecule has 5 heteroatoms. The Morgan fingerprint density at radius 3 is 2.55 bits per heavy atom. The molecular weight excluding hydrogens is 258 g/mol. The maximum atomic E-state index is 12.4. The van der Waals surface area contributed by atoms with Crippen LogP contribution in [0.15, 0.2) is 30.2 Å². The number of benzene rings is 1. The summed E-state index contributed by atoms with van der Waals surface area (Å²) in [7, 11) is 0. The average Bonchev–Trinajstić information content (AvgIpc) is 2.45. The van der Waals surface area contributed by atoms with Crippen molar-refractivity contribution in [1.82, 2.24) is 4.90 Å². The number of rotatable bonds is 5. The standard InChI is InChI=1S/C15H19NO4/c1-3-7-16(8-4-2)15(18)14-10-19-13-9-11(17)5-6-12(13)20-14/h5-6,9-10,17H,3-4,7-8H2,1-2H3. The lowest BCUT2D eigenvalue weighted by Gasteiger charge is -2.24. The lowest BCUT2D eigenvalue weighted by Crippen LogP contribution is -2.35. The molecule has 0 fully saturated rings. The second kappa shape index (κ2) is 6.32. The first-order chi connectivity index (χ1) is 9.65. The zero-order valence-electron chi connectivity index (χ0n) is 11.8. The average molecular weight is 277 g/mol. The largest absolute Gasteiger partial charge is 0.508 e. The SMILES string of the molecule is CCCN(CCC)C(=O)C1=COc2cc(O)ccc2O1. The maximum Gasteiger partial charge on any atom is 0.292 e. The normalized spacial score (nSPS) is 12.8. The molecule has 0 atom stereocenters. The molecule has 1 aliphatic rings. The molecule has 2 rings (SSSR count). The van der Waals surface area contributed by atoms with Gasteiger partial charge in [0, 0.05) is 19.2 Å². The van der Waals surface area contributed by atoms with Gasteiger partial charge in [0.2, 0.25) is 5.76 Å². The summed E-state index contributed by atoms with van der Waals surface area (Å²) in [6.07, 6.45) is 3.08. The molecule has 0 aliphatic carbocycles. The van der Waals surface area contributed by atoms with E-state index in [1.54, 1.807) is 11.0 Å². The van der Waals surface area contributed by atoms with Gasteiger partial charge in [-0.25, -0.2) is 0 Å². The molecule has 5 nitrogen and oxygen atoms in total. The maximum absolute atomic E-state index is 12.4. The summed E-state index contributed by atoms with van der Waals surface area (Å²) < 4.78 is 10.9. The van der Waals surface area contributed by atoms with Gasteiger partial charge >= 0.3 is 0 Å². The summed E-state index contributed by atoms with van der Waals surface area (Å²) in [5.41, 5.74) is 0. The van der Waals surface area contributed by atoms with Crippen molar-refractivity contribution in [2.24, 2.45) is 0 Å². The van der Waals surface area contributed by atoms with Crippen LogP contribution in [0.3, 0.4) is 0 Å². The van der Waals surface area contributed by atoms with E-state index in [0.717, 1.165) is 12.8 Å². The Balaban J connectivity index is 2.13. The van der Waals surface area contributed by atoms with Crippen LogP contribution < -0.4 is 9.47 Å². The predicted molar refractivity (Wildman–Crippen MR) is 74.6 cm³/mol. The van der Waals surface area contributed by atoms with E-state index < -0.39 is 0 Å². The number of hydrogen-bond acceptors (Lipinski definition) is 4. The summed E-state index contributed by atoms with van der Waals surface area (Å²) in [5, 5.41) is 9.36. The van der Waals surface area contributed by atoms with Crippen LogP contribution in [0.1, 0.15) is 26.7 Å². The fraction of sp³-hybridized carbons (Fsp3) is 0.400. The molecule has 0 saturated heterocycles. The van der Waals surface area contributed by atoms with Gasteiger partial charge in [-0.2, -0.15) is 0 Å². The molecule has 1 aliphatic heterocycles. The highest BCUT2D eigenvalue weighted by atomic mass is 16.6. The van der Waals surface area contributed by atoms with E-state index in [2.05, 4.69) is 0 Å². The van der Waals surface area contributed by atoms with Crippen molar-refractivity contribution in [3.8, 4) is 17.2 Å². The van der Waals surface area contributed by atoms with E-state index >= 15 is 0 Å². The second-order valence-corrected chi connectivity index (χ2v) is 4.63. The molecule has 0 saturated carbocycles. The number of hydrogen-bond donors (Lipinski definition) is 1. The van der Waals surface area contributed by atoms with Gasteiger partial charge in [0.1, 0.15) is 12.0 Å². The summed E-state index contributed by atoms with van der Waals surface area (Å²) in [6, 6.07) is 4.52. The molecule has 1 aromatic rings. The van der Waals surface area contributed by atoms with Crippen LogP contribution in [0, 0.1) is 0 Å². The molecule has 0 spiro atoms. The van der Waals surface area contributed by atoms with Gasteiger partial charge < -0.3 is 19.5 Å². The van der Waals surface area contributed by atoms with Gasteiger partial charge in [-0.3, -0.25) is 4.79 Å². The molecule has 1 aromatic carbocycles. The van der Waals surface area contributed by atoms with Gasteiger partial charge in [0.25, 0.3) is 5.91 Å². The van der Waals surface area contributed by atoms with Crippen LogP contribution in [0.25, 0.3) is 0 Å². The number of aromatic hydroxyl groups is 1. The van der Waals surface area contributed by atoms with E-state index in [0.29, 0.717) is 24.6 Å². The third-order valence-corrected chi connectivity index (χ3v) is 2.93. The monoisotopic (exact) mass is 277 g/mol. The number of carbonyl (C=O) groups excluding carboxylic acids is 1. The summed E-state index contributed by atoms with van der Waals surface area (Å²) in [5.74, 6) is 0.923. The number of phenols is 1. The number of ether oxygens (including phenoxy) is 2. The van der Waals surface area contributed by atoms with Gasteiger partial charge in [-0.1, -0.05) is 13.8 Å². The molecule has 1 amide bonds. The Kier molecular flexibility index (Phi) is 4.50. The van der Waals surface area contributed by atoms with Crippen LogP contribution in [0.2, 0.25) is 0 Å². The van der Waals surface area contributed by atoms with E-state index in [1.807, 2.05) is 13.8 Å². The molecule has 1 heterocycles. The van der Waals surface area contributed by atoms with Gasteiger partial charge in [-0.15, -0.1) is 0 Å². The number of carbonyl (C=O) groups is 1. The molecule has 108 valence electrons. The van der Waals surface area contributed by atoms with E-state index in [4.69, 9.17) is 9.47 Å². The zero-order chi connectivity index (χ0) is 14.5. The highest BCUT2D eigenvalue weighted by molar-refractivity contribution is 5.92. The van der Waals surface area contributed by atoms with Gasteiger partial charge in [0.05, 0.1) is 0 Å². The Labute approximate surface area is 118 Å². The van der Waals surface area contributed by atoms with Crippen LogP contribution >= 0.6 is 0 Å². The summed E-state index contributed by atoms with van der Waals surface area (Å²) in [4.78, 5) is 14.1. The number of amides is 1. The van der Waals surface area contributed by atoms with Crippen molar-refractivity contribution in [2.75, 3.05) is 13.1 Å². The van der Waals surface area contributed by atoms with Crippen LogP contribution in [-0.2, 0) is 4.79 Å². The van der Waals surface area contributed by atoms with Crippen LogP contribution in [0.5, 0.6) is 17.2 Å². The first-order valence-corrected chi connectivity index (χ1v) is 6.82. The second-order valence-electron chi connectivity index (χ2n) is 4.63. The quantitative estimate of drug-likeness (QED) is 0.899. The van der Waals surface area contributed by atoms with Crippen molar-refractivity contribution in [3.05, 3.63) is 30.2 Å². The lowest BCUT2D eigenvalue weighted by molar-refractivity contribution is -0.129. The molecule has 20 heavy (non-hydrogen) atoms. The number of phenolic OH excluding ortho intramolecular Hbond substituents is 1. The Morgan fingerprint density at radius 1 is 1.20 bits per heavy atom. The summed E-state index contributed by atoms with van der Waals surface area (Å²) in [6.45, 7) is 5.44. The van der Waals surface area contributed by atoms with Crippen molar-refractivity contribution >= 4 is 5.91 Å². The first-order valence-electron chi connectivity index (χ1n) is 6.82. The predicted octanol–water partition coefficient (Wildman–Crippen LogP) is 2.65. The Morgan fingerprint density at radius 2 is 1.90 bits per heavy atom. The van der Waals surface area contributed by atoms with Gasteiger partial charge in [0.15, 0.2) is 11.5 Å². The minimum Gasteiger partial charge on any atom is -0.508 e. The van der Waals surface area contributed by atoms with Crippen molar-refractivity contribution in [1.29, 1.82) is 0 Å². The first kappa shape index (κ1) is 14.2. The van der Waals surface area contributed by atoms with Crippen LogP contribution in [-0.4, -0.2) is 29.0 Å². The van der Waals surface area contributed by atoms with E-state index in [9.17, 15) is 9.90 Å². The Bertz CT molecular complexity index is 519. The third kappa shape index (κ3) is 3.04. The summed E-state index contributed by atoms with van der Waals surface area (Å²) >= 11 is 0. The van der Waals surface area contributed by atoms with Gasteiger partial charge in [-0.05, 0) is 25.0 Å². The van der Waals surface area contributed by atoms with E-state index in [-0.39, 0.29) is 17.4 Å². The smallest absolute Gasteiger partial charge is 0.292 e.